The fraction of sp³-hybridized carbons (Fsp3) is 0.571. The molecule has 0 bridgehead atoms. The molecule has 68 valence electrons. The average Bonchev–Trinajstić information content (AvgIpc) is 2.51. The number of hydrogen-bond acceptors (Lipinski definition) is 3. The normalized spacial score (nSPS) is 13.7. The Balaban J connectivity index is 2.34. The number of aromatic nitrogens is 1. The molecule has 0 amide bonds. The van der Waals surface area contributed by atoms with Gasteiger partial charge in [0, 0.05) is 11.4 Å². The lowest BCUT2D eigenvalue weighted by Gasteiger charge is -2.09. The highest BCUT2D eigenvalue weighted by Gasteiger charge is 2.09. The van der Waals surface area contributed by atoms with Crippen LogP contribution in [0.1, 0.15) is 18.7 Å². The van der Waals surface area contributed by atoms with E-state index in [0.29, 0.717) is 0 Å². The van der Waals surface area contributed by atoms with E-state index in [0.717, 1.165) is 5.69 Å². The summed E-state index contributed by atoms with van der Waals surface area (Å²) in [6.07, 6.45) is -2.30. The smallest absolute Gasteiger partial charge is 0.250 e. The zero-order valence-electron chi connectivity index (χ0n) is 6.63. The molecule has 5 heteroatoms. The van der Waals surface area contributed by atoms with Gasteiger partial charge in [-0.1, -0.05) is 0 Å². The van der Waals surface area contributed by atoms with Gasteiger partial charge in [0.1, 0.15) is 0 Å². The molecule has 0 aliphatic carbocycles. The number of thiazole rings is 1. The summed E-state index contributed by atoms with van der Waals surface area (Å²) in [5.41, 5.74) is 2.51. The van der Waals surface area contributed by atoms with Gasteiger partial charge in [-0.15, -0.1) is 11.3 Å². The minimum absolute atomic E-state index is 0.0924. The van der Waals surface area contributed by atoms with Crippen molar-refractivity contribution in [3.05, 3.63) is 16.6 Å². The molecule has 1 aromatic heterocycles. The van der Waals surface area contributed by atoms with Gasteiger partial charge in [-0.05, 0) is 6.92 Å². The second-order valence-electron chi connectivity index (χ2n) is 2.43. The van der Waals surface area contributed by atoms with Crippen LogP contribution in [0.3, 0.4) is 0 Å². The first kappa shape index (κ1) is 9.54. The van der Waals surface area contributed by atoms with Gasteiger partial charge < -0.3 is 5.32 Å². The summed E-state index contributed by atoms with van der Waals surface area (Å²) < 4.78 is 23.5. The van der Waals surface area contributed by atoms with Gasteiger partial charge >= 0.3 is 0 Å². The van der Waals surface area contributed by atoms with Gasteiger partial charge in [0.05, 0.1) is 17.7 Å². The summed E-state index contributed by atoms with van der Waals surface area (Å²) in [5.74, 6) is 0. The van der Waals surface area contributed by atoms with Crippen molar-refractivity contribution >= 4 is 11.3 Å². The van der Waals surface area contributed by atoms with Crippen molar-refractivity contribution in [1.29, 1.82) is 0 Å². The Morgan fingerprint density at radius 1 is 1.67 bits per heavy atom. The predicted molar refractivity (Wildman–Crippen MR) is 44.5 cm³/mol. The molecular weight excluding hydrogens is 182 g/mol. The van der Waals surface area contributed by atoms with Gasteiger partial charge in [-0.2, -0.15) is 0 Å². The first-order valence-corrected chi connectivity index (χ1v) is 4.54. The second kappa shape index (κ2) is 4.47. The van der Waals surface area contributed by atoms with Gasteiger partial charge in [0.25, 0.3) is 6.43 Å². The van der Waals surface area contributed by atoms with E-state index in [2.05, 4.69) is 10.3 Å². The third-order valence-electron chi connectivity index (χ3n) is 1.47. The number of hydrogen-bond donors (Lipinski definition) is 1. The Labute approximate surface area is 73.6 Å². The maximum atomic E-state index is 11.8. The van der Waals surface area contributed by atoms with Gasteiger partial charge in [-0.25, -0.2) is 13.8 Å². The van der Waals surface area contributed by atoms with Crippen molar-refractivity contribution in [1.82, 2.24) is 10.3 Å². The highest BCUT2D eigenvalue weighted by Crippen LogP contribution is 2.11. The highest BCUT2D eigenvalue weighted by molar-refractivity contribution is 7.07. The Bertz CT molecular complexity index is 213. The Morgan fingerprint density at radius 2 is 2.42 bits per heavy atom. The molecular formula is C7H10F2N2S. The number of nitrogens with one attached hydrogen (secondary N) is 1. The van der Waals surface area contributed by atoms with E-state index in [1.165, 1.54) is 11.3 Å². The Hall–Kier alpha value is -0.550. The van der Waals surface area contributed by atoms with Crippen LogP contribution in [-0.2, 0) is 0 Å². The van der Waals surface area contributed by atoms with Crippen LogP contribution in [-0.4, -0.2) is 18.0 Å². The van der Waals surface area contributed by atoms with Crippen LogP contribution in [0.25, 0.3) is 0 Å². The minimum atomic E-state index is -2.30. The van der Waals surface area contributed by atoms with Crippen molar-refractivity contribution in [2.24, 2.45) is 0 Å². The van der Waals surface area contributed by atoms with Crippen LogP contribution < -0.4 is 5.32 Å². The lowest BCUT2D eigenvalue weighted by molar-refractivity contribution is 0.142. The van der Waals surface area contributed by atoms with E-state index in [9.17, 15) is 8.78 Å². The first-order valence-electron chi connectivity index (χ1n) is 3.59. The van der Waals surface area contributed by atoms with Crippen molar-refractivity contribution < 1.29 is 8.78 Å². The summed E-state index contributed by atoms with van der Waals surface area (Å²) in [4.78, 5) is 4.01. The number of alkyl halides is 2. The molecule has 0 aliphatic heterocycles. The molecule has 0 fully saturated rings. The van der Waals surface area contributed by atoms with Crippen LogP contribution in [0.5, 0.6) is 0 Å². The van der Waals surface area contributed by atoms with Gasteiger partial charge in [0.2, 0.25) is 0 Å². The maximum Gasteiger partial charge on any atom is 0.250 e. The summed E-state index contributed by atoms with van der Waals surface area (Å²) >= 11 is 1.46. The van der Waals surface area contributed by atoms with Crippen LogP contribution in [0.2, 0.25) is 0 Å². The minimum Gasteiger partial charge on any atom is -0.303 e. The zero-order valence-corrected chi connectivity index (χ0v) is 7.44. The second-order valence-corrected chi connectivity index (χ2v) is 3.15. The molecule has 1 heterocycles. The number of halogens is 2. The van der Waals surface area contributed by atoms with Crippen LogP contribution >= 0.6 is 11.3 Å². The Morgan fingerprint density at radius 3 is 2.92 bits per heavy atom. The molecule has 2 nitrogen and oxygen atoms in total. The molecule has 12 heavy (non-hydrogen) atoms. The van der Waals surface area contributed by atoms with Crippen molar-refractivity contribution in [2.45, 2.75) is 19.4 Å². The molecule has 1 aromatic rings. The predicted octanol–water partition coefficient (Wildman–Crippen LogP) is 2.06. The summed E-state index contributed by atoms with van der Waals surface area (Å²) in [5, 5.41) is 4.53. The quantitative estimate of drug-likeness (QED) is 0.789. The number of rotatable bonds is 4. The molecule has 1 N–H and O–H groups in total. The molecule has 0 aromatic carbocycles. The van der Waals surface area contributed by atoms with E-state index >= 15 is 0 Å². The molecule has 1 unspecified atom stereocenters. The summed E-state index contributed by atoms with van der Waals surface area (Å²) in [6.45, 7) is 1.54. The molecule has 0 saturated heterocycles. The third kappa shape index (κ3) is 2.83. The lowest BCUT2D eigenvalue weighted by atomic mass is 10.2. The number of nitrogens with zero attached hydrogens (tertiary/aromatic N) is 1. The van der Waals surface area contributed by atoms with Crippen molar-refractivity contribution in [3.8, 4) is 0 Å². The van der Waals surface area contributed by atoms with Crippen molar-refractivity contribution in [2.75, 3.05) is 6.54 Å². The first-order chi connectivity index (χ1) is 5.70. The highest BCUT2D eigenvalue weighted by atomic mass is 32.1. The van der Waals surface area contributed by atoms with Gasteiger partial charge in [0.15, 0.2) is 0 Å². The van der Waals surface area contributed by atoms with Crippen LogP contribution in [0.4, 0.5) is 8.78 Å². The largest absolute Gasteiger partial charge is 0.303 e. The summed E-state index contributed by atoms with van der Waals surface area (Å²) in [7, 11) is 0. The summed E-state index contributed by atoms with van der Waals surface area (Å²) in [6, 6.07) is -0.0924. The standard InChI is InChI=1S/C7H10F2N2S/c1-5(10-2-7(8)9)6-3-12-4-11-6/h3-5,7,10H,2H2,1H3. The third-order valence-corrected chi connectivity index (χ3v) is 2.08. The topological polar surface area (TPSA) is 24.9 Å². The molecule has 0 saturated carbocycles. The molecule has 1 rings (SSSR count). The molecule has 0 radical (unpaired) electrons. The van der Waals surface area contributed by atoms with Gasteiger partial charge in [-0.3, -0.25) is 0 Å². The molecule has 1 atom stereocenters. The van der Waals surface area contributed by atoms with Crippen LogP contribution in [0, 0.1) is 0 Å². The fourth-order valence-electron chi connectivity index (χ4n) is 0.806. The van der Waals surface area contributed by atoms with E-state index in [1.807, 2.05) is 12.3 Å². The van der Waals surface area contributed by atoms with E-state index in [-0.39, 0.29) is 12.6 Å². The lowest BCUT2D eigenvalue weighted by Crippen LogP contribution is -2.24. The van der Waals surface area contributed by atoms with Crippen LogP contribution in [0.15, 0.2) is 10.9 Å². The monoisotopic (exact) mass is 192 g/mol. The van der Waals surface area contributed by atoms with E-state index < -0.39 is 6.43 Å². The van der Waals surface area contributed by atoms with E-state index in [4.69, 9.17) is 0 Å². The molecule has 0 spiro atoms. The fourth-order valence-corrected chi connectivity index (χ4v) is 1.45. The molecule has 0 aliphatic rings. The maximum absolute atomic E-state index is 11.8. The average molecular weight is 192 g/mol. The van der Waals surface area contributed by atoms with E-state index in [1.54, 1.807) is 5.51 Å². The zero-order chi connectivity index (χ0) is 8.97. The van der Waals surface area contributed by atoms with Crippen molar-refractivity contribution in [3.63, 3.8) is 0 Å². The Kier molecular flexibility index (Phi) is 3.55. The SMILES string of the molecule is CC(NCC(F)F)c1cscn1.